The molecule has 2 aliphatic heterocycles. The van der Waals surface area contributed by atoms with E-state index in [9.17, 15) is 29.8 Å². The lowest BCUT2D eigenvalue weighted by atomic mass is 9.97. The number of carbonyl (C=O) groups is 2. The molecule has 32 heavy (non-hydrogen) atoms. The van der Waals surface area contributed by atoms with Crippen LogP contribution in [0.1, 0.15) is 33.6 Å². The second-order valence-electron chi connectivity index (χ2n) is 7.65. The number of hydrogen-bond acceptors (Lipinski definition) is 7. The number of carbonyl (C=O) groups excluding carboxylic acids is 2. The lowest BCUT2D eigenvalue weighted by molar-refractivity contribution is -0.385. The van der Waals surface area contributed by atoms with Gasteiger partial charge in [0.15, 0.2) is 0 Å². The molecule has 0 bridgehead atoms. The SMILES string of the molecule is O=C(c1ccc([N+](=O)[O-])cc1)N1CCC2(CC1)OCCN2C(=O)c1ccc([N+](=O)[O-])cc1. The van der Waals surface area contributed by atoms with Crippen molar-refractivity contribution in [2.45, 2.75) is 18.6 Å². The van der Waals surface area contributed by atoms with Gasteiger partial charge in [-0.2, -0.15) is 0 Å². The minimum atomic E-state index is -0.828. The average molecular weight is 440 g/mol. The Morgan fingerprint density at radius 1 is 0.781 bits per heavy atom. The minimum absolute atomic E-state index is 0.0844. The maximum absolute atomic E-state index is 13.1. The Labute approximate surface area is 182 Å². The zero-order chi connectivity index (χ0) is 22.9. The molecule has 0 unspecified atom stereocenters. The molecule has 0 aromatic heterocycles. The summed E-state index contributed by atoms with van der Waals surface area (Å²) >= 11 is 0. The van der Waals surface area contributed by atoms with Crippen LogP contribution in [0.5, 0.6) is 0 Å². The molecule has 166 valence electrons. The van der Waals surface area contributed by atoms with E-state index >= 15 is 0 Å². The van der Waals surface area contributed by atoms with E-state index < -0.39 is 15.6 Å². The molecule has 2 aromatic rings. The molecule has 0 aliphatic carbocycles. The third-order valence-electron chi connectivity index (χ3n) is 5.90. The number of non-ortho nitro benzene ring substituents is 2. The van der Waals surface area contributed by atoms with E-state index in [0.29, 0.717) is 50.2 Å². The second kappa shape index (κ2) is 8.35. The molecule has 11 heteroatoms. The van der Waals surface area contributed by atoms with Gasteiger partial charge in [-0.1, -0.05) is 0 Å². The van der Waals surface area contributed by atoms with Crippen LogP contribution in [0.15, 0.2) is 48.5 Å². The quantitative estimate of drug-likeness (QED) is 0.526. The van der Waals surface area contributed by atoms with Crippen LogP contribution in [0.3, 0.4) is 0 Å². The fraction of sp³-hybridized carbons (Fsp3) is 0.333. The van der Waals surface area contributed by atoms with Gasteiger partial charge in [0, 0.05) is 67.9 Å². The normalized spacial score (nSPS) is 17.4. The van der Waals surface area contributed by atoms with Gasteiger partial charge in [-0.05, 0) is 24.3 Å². The van der Waals surface area contributed by atoms with Crippen LogP contribution in [0, 0.1) is 20.2 Å². The van der Waals surface area contributed by atoms with E-state index in [1.165, 1.54) is 48.5 Å². The van der Waals surface area contributed by atoms with E-state index in [-0.39, 0.29) is 23.2 Å². The molecular formula is C21H20N4O7. The molecule has 0 saturated carbocycles. The summed E-state index contributed by atoms with van der Waals surface area (Å²) in [5, 5.41) is 21.6. The number of ether oxygens (including phenoxy) is 1. The van der Waals surface area contributed by atoms with Crippen LogP contribution in [0.4, 0.5) is 11.4 Å². The van der Waals surface area contributed by atoms with Crippen molar-refractivity contribution < 1.29 is 24.2 Å². The third-order valence-corrected chi connectivity index (χ3v) is 5.90. The van der Waals surface area contributed by atoms with Gasteiger partial charge in [-0.3, -0.25) is 29.8 Å². The lowest BCUT2D eigenvalue weighted by Gasteiger charge is -2.43. The smallest absolute Gasteiger partial charge is 0.269 e. The number of nitro groups is 2. The predicted molar refractivity (Wildman–Crippen MR) is 111 cm³/mol. The Morgan fingerprint density at radius 2 is 1.25 bits per heavy atom. The van der Waals surface area contributed by atoms with Gasteiger partial charge >= 0.3 is 0 Å². The minimum Gasteiger partial charge on any atom is -0.354 e. The number of hydrogen-bond donors (Lipinski definition) is 0. The number of nitrogens with zero attached hydrogens (tertiary/aromatic N) is 4. The van der Waals surface area contributed by atoms with Crippen molar-refractivity contribution in [3.63, 3.8) is 0 Å². The molecule has 2 aromatic carbocycles. The first-order chi connectivity index (χ1) is 15.3. The van der Waals surface area contributed by atoms with Crippen molar-refractivity contribution >= 4 is 23.2 Å². The van der Waals surface area contributed by atoms with Gasteiger partial charge in [-0.25, -0.2) is 0 Å². The molecule has 2 fully saturated rings. The first-order valence-corrected chi connectivity index (χ1v) is 10.0. The van der Waals surface area contributed by atoms with Crippen LogP contribution < -0.4 is 0 Å². The monoisotopic (exact) mass is 440 g/mol. The lowest BCUT2D eigenvalue weighted by Crippen LogP contribution is -2.55. The van der Waals surface area contributed by atoms with Crippen LogP contribution in [0.25, 0.3) is 0 Å². The van der Waals surface area contributed by atoms with Gasteiger partial charge in [0.1, 0.15) is 5.72 Å². The summed E-state index contributed by atoms with van der Waals surface area (Å²) < 4.78 is 5.96. The molecule has 1 spiro atoms. The van der Waals surface area contributed by atoms with Gasteiger partial charge in [0.05, 0.1) is 16.5 Å². The van der Waals surface area contributed by atoms with Crippen molar-refractivity contribution in [2.75, 3.05) is 26.2 Å². The Hall–Kier alpha value is -3.86. The maximum atomic E-state index is 13.1. The number of benzene rings is 2. The highest BCUT2D eigenvalue weighted by atomic mass is 16.6. The number of rotatable bonds is 4. The summed E-state index contributed by atoms with van der Waals surface area (Å²) in [5.41, 5.74) is -0.307. The Bertz CT molecular complexity index is 1060. The van der Waals surface area contributed by atoms with E-state index in [1.54, 1.807) is 9.80 Å². The Kier molecular flexibility index (Phi) is 5.57. The first kappa shape index (κ1) is 21.4. The summed E-state index contributed by atoms with van der Waals surface area (Å²) in [5.74, 6) is -0.506. The highest BCUT2D eigenvalue weighted by molar-refractivity contribution is 5.95. The Balaban J connectivity index is 1.44. The van der Waals surface area contributed by atoms with E-state index in [0.717, 1.165) is 0 Å². The number of amides is 2. The zero-order valence-electron chi connectivity index (χ0n) is 17.0. The molecule has 2 aliphatic rings. The fourth-order valence-electron chi connectivity index (χ4n) is 4.16. The Morgan fingerprint density at radius 3 is 1.72 bits per heavy atom. The largest absolute Gasteiger partial charge is 0.354 e. The standard InChI is InChI=1S/C21H20N4O7/c26-19(15-1-5-17(6-2-15)24(28)29)22-11-9-21(10-12-22)23(13-14-32-21)20(27)16-3-7-18(8-4-16)25(30)31/h1-8H,9-14H2. The van der Waals surface area contributed by atoms with Gasteiger partial charge in [0.2, 0.25) is 0 Å². The van der Waals surface area contributed by atoms with Gasteiger partial charge in [0.25, 0.3) is 23.2 Å². The summed E-state index contributed by atoms with van der Waals surface area (Å²) in [6.45, 7) is 1.49. The number of nitro benzene ring substituents is 2. The molecule has 2 amide bonds. The number of piperidine rings is 1. The van der Waals surface area contributed by atoms with E-state index in [4.69, 9.17) is 4.74 Å². The maximum Gasteiger partial charge on any atom is 0.269 e. The van der Waals surface area contributed by atoms with Crippen molar-refractivity contribution in [3.8, 4) is 0 Å². The predicted octanol–water partition coefficient (Wildman–Crippen LogP) is 2.61. The number of likely N-dealkylation sites (tertiary alicyclic amines) is 1. The van der Waals surface area contributed by atoms with E-state index in [1.807, 2.05) is 0 Å². The van der Waals surface area contributed by atoms with Crippen LogP contribution >= 0.6 is 0 Å². The topological polar surface area (TPSA) is 136 Å². The van der Waals surface area contributed by atoms with Crippen molar-refractivity contribution in [1.82, 2.24) is 9.80 Å². The van der Waals surface area contributed by atoms with Crippen molar-refractivity contribution in [1.29, 1.82) is 0 Å². The average Bonchev–Trinajstić information content (AvgIpc) is 3.21. The highest BCUT2D eigenvalue weighted by Gasteiger charge is 2.47. The second-order valence-corrected chi connectivity index (χ2v) is 7.65. The van der Waals surface area contributed by atoms with Crippen LogP contribution in [0.2, 0.25) is 0 Å². The summed E-state index contributed by atoms with van der Waals surface area (Å²) in [7, 11) is 0. The summed E-state index contributed by atoms with van der Waals surface area (Å²) in [6, 6.07) is 10.9. The van der Waals surface area contributed by atoms with Crippen LogP contribution in [-0.4, -0.2) is 63.4 Å². The van der Waals surface area contributed by atoms with Crippen LogP contribution in [-0.2, 0) is 4.74 Å². The fourth-order valence-corrected chi connectivity index (χ4v) is 4.16. The van der Waals surface area contributed by atoms with Crippen molar-refractivity contribution in [3.05, 3.63) is 79.9 Å². The molecule has 0 N–H and O–H groups in total. The third kappa shape index (κ3) is 3.89. The molecule has 0 atom stereocenters. The van der Waals surface area contributed by atoms with E-state index in [2.05, 4.69) is 0 Å². The molecule has 2 heterocycles. The molecule has 4 rings (SSSR count). The van der Waals surface area contributed by atoms with Gasteiger partial charge < -0.3 is 14.5 Å². The molecule has 0 radical (unpaired) electrons. The van der Waals surface area contributed by atoms with Crippen molar-refractivity contribution in [2.24, 2.45) is 0 Å². The van der Waals surface area contributed by atoms with Gasteiger partial charge in [-0.15, -0.1) is 0 Å². The zero-order valence-corrected chi connectivity index (χ0v) is 17.0. The summed E-state index contributed by atoms with van der Waals surface area (Å²) in [6.07, 6.45) is 0.842. The molecule has 11 nitrogen and oxygen atoms in total. The summed E-state index contributed by atoms with van der Waals surface area (Å²) in [4.78, 5) is 49.7. The highest BCUT2D eigenvalue weighted by Crippen LogP contribution is 2.36. The first-order valence-electron chi connectivity index (χ1n) is 10.0. The molecular weight excluding hydrogens is 420 g/mol. The molecule has 2 saturated heterocycles.